The van der Waals surface area contributed by atoms with Crippen molar-refractivity contribution in [3.63, 3.8) is 0 Å². The molecule has 0 bridgehead atoms. The van der Waals surface area contributed by atoms with Crippen molar-refractivity contribution in [1.82, 2.24) is 5.32 Å². The fourth-order valence-electron chi connectivity index (χ4n) is 6.00. The molecule has 4 unspecified atom stereocenters. The van der Waals surface area contributed by atoms with Crippen LogP contribution in [0.1, 0.15) is 63.0 Å². The van der Waals surface area contributed by atoms with Crippen molar-refractivity contribution >= 4 is 16.2 Å². The summed E-state index contributed by atoms with van der Waals surface area (Å²) < 4.78 is 27.3. The summed E-state index contributed by atoms with van der Waals surface area (Å²) in [5.74, 6) is 1.86. The Morgan fingerprint density at radius 2 is 2.14 bits per heavy atom. The fourth-order valence-corrected chi connectivity index (χ4v) is 6.37. The quantitative estimate of drug-likeness (QED) is 0.767. The molecule has 4 atom stereocenters. The van der Waals surface area contributed by atoms with E-state index in [1.165, 1.54) is 5.56 Å². The van der Waals surface area contributed by atoms with Gasteiger partial charge in [-0.15, -0.1) is 0 Å². The lowest BCUT2D eigenvalue weighted by Gasteiger charge is -2.50. The molecule has 6 nitrogen and oxygen atoms in total. The molecular weight excluding hydrogens is 388 g/mol. The summed E-state index contributed by atoms with van der Waals surface area (Å²) in [5.41, 5.74) is 3.39. The minimum atomic E-state index is -4.01. The second-order valence-electron chi connectivity index (χ2n) is 8.92. The molecule has 158 valence electrons. The molecule has 4 rings (SSSR count). The van der Waals surface area contributed by atoms with Crippen molar-refractivity contribution in [2.75, 3.05) is 6.54 Å². The molecule has 3 N–H and O–H groups in total. The third kappa shape index (κ3) is 3.70. The molecule has 1 fully saturated rings. The van der Waals surface area contributed by atoms with E-state index in [0.29, 0.717) is 17.8 Å². The minimum Gasteiger partial charge on any atom is -0.371 e. The Morgan fingerprint density at radius 1 is 1.34 bits per heavy atom. The molecule has 0 aliphatic heterocycles. The van der Waals surface area contributed by atoms with E-state index in [1.54, 1.807) is 6.07 Å². The van der Waals surface area contributed by atoms with Gasteiger partial charge in [0.1, 0.15) is 5.75 Å². The van der Waals surface area contributed by atoms with Crippen LogP contribution in [0.25, 0.3) is 0 Å². The number of amides is 1. The van der Waals surface area contributed by atoms with Gasteiger partial charge in [0.05, 0.1) is 0 Å². The van der Waals surface area contributed by atoms with Gasteiger partial charge in [0.25, 0.3) is 0 Å². The third-order valence-electron chi connectivity index (χ3n) is 7.27. The van der Waals surface area contributed by atoms with Crippen LogP contribution in [-0.2, 0) is 21.5 Å². The number of benzene rings is 1. The number of nitrogens with one attached hydrogen (secondary N) is 1. The van der Waals surface area contributed by atoms with Crippen LogP contribution in [-0.4, -0.2) is 20.9 Å². The SMILES string of the molecule is CCCNC(=O)C1=CCC2C3CCc4cc(OS(N)(=O)=O)ccc4C3CCC12C. The summed E-state index contributed by atoms with van der Waals surface area (Å²) in [7, 11) is -4.01. The van der Waals surface area contributed by atoms with Gasteiger partial charge in [-0.1, -0.05) is 26.0 Å². The summed E-state index contributed by atoms with van der Waals surface area (Å²) in [6.07, 6.45) is 8.07. The van der Waals surface area contributed by atoms with Crippen LogP contribution in [0.4, 0.5) is 0 Å². The summed E-state index contributed by atoms with van der Waals surface area (Å²) in [6, 6.07) is 5.53. The first-order valence-electron chi connectivity index (χ1n) is 10.6. The van der Waals surface area contributed by atoms with Crippen LogP contribution < -0.4 is 14.6 Å². The van der Waals surface area contributed by atoms with E-state index in [4.69, 9.17) is 9.32 Å². The standard InChI is InChI=1S/C22H30N2O4S/c1-3-12-24-21(25)20-9-8-19-18-6-4-14-13-15(28-29(23,26)27)5-7-16(14)17(18)10-11-22(19,20)2/h5,7,9,13,17-19H,3-4,6,8,10-12H2,1-2H3,(H,24,25)(H2,23,26,27). The van der Waals surface area contributed by atoms with E-state index in [2.05, 4.69) is 25.2 Å². The molecule has 0 heterocycles. The normalized spacial score (nSPS) is 30.6. The predicted octanol–water partition coefficient (Wildman–Crippen LogP) is 3.19. The lowest BCUT2D eigenvalue weighted by atomic mass is 9.54. The lowest BCUT2D eigenvalue weighted by molar-refractivity contribution is -0.119. The highest BCUT2D eigenvalue weighted by molar-refractivity contribution is 7.84. The number of hydrogen-bond donors (Lipinski definition) is 2. The molecule has 0 aromatic heterocycles. The zero-order valence-corrected chi connectivity index (χ0v) is 17.9. The van der Waals surface area contributed by atoms with Gasteiger partial charge < -0.3 is 9.50 Å². The number of nitrogens with two attached hydrogens (primary N) is 1. The van der Waals surface area contributed by atoms with E-state index in [1.807, 2.05) is 12.1 Å². The van der Waals surface area contributed by atoms with Crippen molar-refractivity contribution in [3.05, 3.63) is 41.0 Å². The predicted molar refractivity (Wildman–Crippen MR) is 112 cm³/mol. The Labute approximate surface area is 173 Å². The van der Waals surface area contributed by atoms with Crippen molar-refractivity contribution in [2.45, 2.75) is 58.3 Å². The van der Waals surface area contributed by atoms with Crippen molar-refractivity contribution in [3.8, 4) is 5.75 Å². The highest BCUT2D eigenvalue weighted by Crippen LogP contribution is 2.61. The summed E-state index contributed by atoms with van der Waals surface area (Å²) in [4.78, 5) is 12.7. The number of hydrogen-bond acceptors (Lipinski definition) is 4. The maximum Gasteiger partial charge on any atom is 0.380 e. The zero-order valence-electron chi connectivity index (χ0n) is 17.1. The lowest BCUT2D eigenvalue weighted by Crippen LogP contribution is -2.44. The van der Waals surface area contributed by atoms with Crippen LogP contribution in [0.15, 0.2) is 29.8 Å². The van der Waals surface area contributed by atoms with Gasteiger partial charge >= 0.3 is 10.3 Å². The van der Waals surface area contributed by atoms with E-state index in [9.17, 15) is 13.2 Å². The second-order valence-corrected chi connectivity index (χ2v) is 10.1. The minimum absolute atomic E-state index is 0.0484. The number of carbonyl (C=O) groups excluding carboxylic acids is 1. The number of aryl methyl sites for hydroxylation is 1. The number of allylic oxidation sites excluding steroid dienone is 1. The molecular formula is C22H30N2O4S. The Morgan fingerprint density at radius 3 is 2.86 bits per heavy atom. The van der Waals surface area contributed by atoms with E-state index >= 15 is 0 Å². The number of carbonyl (C=O) groups is 1. The highest BCUT2D eigenvalue weighted by atomic mass is 32.2. The van der Waals surface area contributed by atoms with Crippen molar-refractivity contribution in [2.24, 2.45) is 22.4 Å². The molecule has 1 aromatic carbocycles. The van der Waals surface area contributed by atoms with Gasteiger partial charge in [-0.05, 0) is 79.5 Å². The average molecular weight is 419 g/mol. The molecule has 1 aromatic rings. The Hall–Kier alpha value is -1.86. The average Bonchev–Trinajstić information content (AvgIpc) is 3.01. The van der Waals surface area contributed by atoms with E-state index in [0.717, 1.165) is 56.2 Å². The molecule has 29 heavy (non-hydrogen) atoms. The van der Waals surface area contributed by atoms with Crippen molar-refractivity contribution < 1.29 is 17.4 Å². The topological polar surface area (TPSA) is 98.5 Å². The maximum absolute atomic E-state index is 12.7. The molecule has 0 spiro atoms. The smallest absolute Gasteiger partial charge is 0.371 e. The molecule has 3 aliphatic rings. The largest absolute Gasteiger partial charge is 0.380 e. The highest BCUT2D eigenvalue weighted by Gasteiger charge is 2.53. The first kappa shape index (κ1) is 20.4. The van der Waals surface area contributed by atoms with Crippen LogP contribution >= 0.6 is 0 Å². The monoisotopic (exact) mass is 418 g/mol. The summed E-state index contributed by atoms with van der Waals surface area (Å²) in [5, 5.41) is 8.07. The van der Waals surface area contributed by atoms with Gasteiger partial charge in [0, 0.05) is 17.5 Å². The molecule has 0 saturated heterocycles. The second kappa shape index (κ2) is 7.43. The first-order valence-corrected chi connectivity index (χ1v) is 12.0. The zero-order chi connectivity index (χ0) is 20.8. The molecule has 7 heteroatoms. The summed E-state index contributed by atoms with van der Waals surface area (Å²) >= 11 is 0. The number of fused-ring (bicyclic) bond motifs is 5. The van der Waals surface area contributed by atoms with Gasteiger partial charge in [-0.3, -0.25) is 4.79 Å². The third-order valence-corrected chi connectivity index (χ3v) is 7.70. The van der Waals surface area contributed by atoms with E-state index < -0.39 is 10.3 Å². The maximum atomic E-state index is 12.7. The van der Waals surface area contributed by atoms with Crippen LogP contribution in [0.5, 0.6) is 5.75 Å². The Kier molecular flexibility index (Phi) is 5.23. The van der Waals surface area contributed by atoms with Crippen molar-refractivity contribution in [1.29, 1.82) is 0 Å². The summed E-state index contributed by atoms with van der Waals surface area (Å²) in [6.45, 7) is 5.06. The van der Waals surface area contributed by atoms with Gasteiger partial charge in [0.2, 0.25) is 5.91 Å². The molecule has 1 saturated carbocycles. The van der Waals surface area contributed by atoms with Gasteiger partial charge in [-0.25, -0.2) is 0 Å². The van der Waals surface area contributed by atoms with Gasteiger partial charge in [0.15, 0.2) is 0 Å². The van der Waals surface area contributed by atoms with Crippen LogP contribution in [0.2, 0.25) is 0 Å². The Balaban J connectivity index is 1.56. The van der Waals surface area contributed by atoms with Crippen LogP contribution in [0, 0.1) is 17.3 Å². The molecule has 0 radical (unpaired) electrons. The molecule has 3 aliphatic carbocycles. The van der Waals surface area contributed by atoms with Gasteiger partial charge in [-0.2, -0.15) is 13.6 Å². The Bertz CT molecular complexity index is 956. The first-order chi connectivity index (χ1) is 13.7. The fraction of sp³-hybridized carbons (Fsp3) is 0.591. The number of rotatable bonds is 5. The van der Waals surface area contributed by atoms with E-state index in [-0.39, 0.29) is 17.1 Å². The van der Waals surface area contributed by atoms with Crippen LogP contribution in [0.3, 0.4) is 0 Å². The molecule has 1 amide bonds.